The zero-order valence-corrected chi connectivity index (χ0v) is 28.6. The molecule has 2 aromatic heterocycles. The van der Waals surface area contributed by atoms with E-state index in [2.05, 4.69) is 10.6 Å². The van der Waals surface area contributed by atoms with E-state index < -0.39 is 11.6 Å². The molecule has 12 heteroatoms. The largest absolute Gasteiger partial charge is 0.491 e. The minimum atomic E-state index is -0.399. The molecule has 0 bridgehead atoms. The summed E-state index contributed by atoms with van der Waals surface area (Å²) in [5.41, 5.74) is 4.18. The van der Waals surface area contributed by atoms with Crippen molar-refractivity contribution < 1.29 is 46.2 Å². The molecule has 0 aliphatic carbocycles. The maximum Gasteiger partial charge on any atom is 0.255 e. The Bertz CT molecular complexity index is 2080. The molecule has 0 unspecified atom stereocenters. The van der Waals surface area contributed by atoms with Gasteiger partial charge in [-0.15, -0.1) is 0 Å². The fraction of sp³-hybridized carbons (Fsp3) is 0.250. The monoisotopic (exact) mass is 710 g/mol. The summed E-state index contributed by atoms with van der Waals surface area (Å²) in [4.78, 5) is 26.6. The molecule has 0 spiro atoms. The number of rotatable bonds is 4. The van der Waals surface area contributed by atoms with Crippen molar-refractivity contribution in [1.82, 2.24) is 10.6 Å². The molecule has 52 heavy (non-hydrogen) atoms. The molecular formula is C40H36F2N2O8. The number of furan rings is 2. The third-order valence-corrected chi connectivity index (χ3v) is 8.93. The highest BCUT2D eigenvalue weighted by atomic mass is 19.1. The lowest BCUT2D eigenvalue weighted by Crippen LogP contribution is -2.19. The van der Waals surface area contributed by atoms with Crippen LogP contribution < -0.4 is 20.1 Å². The third-order valence-electron chi connectivity index (χ3n) is 8.93. The van der Waals surface area contributed by atoms with Crippen molar-refractivity contribution in [1.29, 1.82) is 0 Å². The summed E-state index contributed by atoms with van der Waals surface area (Å²) in [7, 11) is 3.08. The minimum Gasteiger partial charge on any atom is -0.491 e. The zero-order valence-electron chi connectivity index (χ0n) is 28.6. The highest BCUT2D eigenvalue weighted by molar-refractivity contribution is 6.13. The quantitative estimate of drug-likeness (QED) is 0.199. The van der Waals surface area contributed by atoms with Gasteiger partial charge in [-0.05, 0) is 72.8 Å². The Hall–Kier alpha value is -5.72. The first-order chi connectivity index (χ1) is 25.4. The third kappa shape index (κ3) is 6.82. The van der Waals surface area contributed by atoms with Gasteiger partial charge in [-0.25, -0.2) is 8.78 Å². The number of benzene rings is 4. The average Bonchev–Trinajstić information content (AvgIpc) is 3.74. The molecule has 3 heterocycles. The number of halogens is 2. The first kappa shape index (κ1) is 34.7. The number of amides is 2. The van der Waals surface area contributed by atoms with Gasteiger partial charge in [0.2, 0.25) is 0 Å². The molecule has 268 valence electrons. The van der Waals surface area contributed by atoms with Crippen LogP contribution in [0, 0.1) is 11.6 Å². The summed E-state index contributed by atoms with van der Waals surface area (Å²) in [5, 5.41) is 6.58. The summed E-state index contributed by atoms with van der Waals surface area (Å²) in [6, 6.07) is 18.6. The molecule has 0 atom stereocenters. The Morgan fingerprint density at radius 1 is 0.538 bits per heavy atom. The predicted octanol–water partition coefficient (Wildman–Crippen LogP) is 7.10. The predicted molar refractivity (Wildman–Crippen MR) is 190 cm³/mol. The van der Waals surface area contributed by atoms with Crippen molar-refractivity contribution in [2.45, 2.75) is 12.8 Å². The van der Waals surface area contributed by atoms with Crippen LogP contribution in [-0.2, 0) is 22.3 Å². The molecule has 1 aliphatic heterocycles. The molecule has 0 saturated carbocycles. The van der Waals surface area contributed by atoms with Crippen LogP contribution in [0.5, 0.6) is 11.5 Å². The number of carbonyl (C=O) groups is 2. The maximum atomic E-state index is 13.8. The van der Waals surface area contributed by atoms with Gasteiger partial charge in [0.05, 0.1) is 37.6 Å². The van der Waals surface area contributed by atoms with Crippen molar-refractivity contribution in [3.63, 3.8) is 0 Å². The normalized spacial score (nSPS) is 14.2. The topological polar surface area (TPSA) is 121 Å². The lowest BCUT2D eigenvalue weighted by Gasteiger charge is -2.16. The fourth-order valence-electron chi connectivity index (χ4n) is 6.51. The van der Waals surface area contributed by atoms with Crippen LogP contribution in [-0.4, -0.2) is 65.6 Å². The summed E-state index contributed by atoms with van der Waals surface area (Å²) in [6.07, 6.45) is 0.765. The number of fused-ring (bicyclic) bond motifs is 6. The number of hydrogen-bond acceptors (Lipinski definition) is 8. The number of carbonyl (C=O) groups excluding carboxylic acids is 2. The number of ether oxygens (including phenoxy) is 4. The molecule has 1 aliphatic rings. The second-order valence-electron chi connectivity index (χ2n) is 12.0. The molecule has 0 saturated heterocycles. The maximum absolute atomic E-state index is 13.8. The number of nitrogens with one attached hydrogen (secondary N) is 2. The Morgan fingerprint density at radius 3 is 1.33 bits per heavy atom. The van der Waals surface area contributed by atoms with Gasteiger partial charge in [0, 0.05) is 60.0 Å². The van der Waals surface area contributed by atoms with Crippen LogP contribution in [0.2, 0.25) is 0 Å². The summed E-state index contributed by atoms with van der Waals surface area (Å²) in [5.74, 6) is 0.233. The fourth-order valence-corrected chi connectivity index (χ4v) is 6.51. The van der Waals surface area contributed by atoms with Gasteiger partial charge in [-0.2, -0.15) is 0 Å². The molecular weight excluding hydrogens is 674 g/mol. The molecule has 2 amide bonds. The van der Waals surface area contributed by atoms with Crippen molar-refractivity contribution in [2.24, 2.45) is 0 Å². The van der Waals surface area contributed by atoms with Crippen molar-refractivity contribution in [3.05, 3.63) is 107 Å². The minimum absolute atomic E-state index is 0.203. The van der Waals surface area contributed by atoms with Gasteiger partial charge in [0.1, 0.15) is 59.0 Å². The number of hydrogen-bond donors (Lipinski definition) is 2. The summed E-state index contributed by atoms with van der Waals surface area (Å²) in [6.45, 7) is 1.43. The lowest BCUT2D eigenvalue weighted by molar-refractivity contribution is 0.0935. The molecule has 6 aromatic rings. The van der Waals surface area contributed by atoms with E-state index in [1.165, 1.54) is 24.3 Å². The molecule has 0 radical (unpaired) electrons. The average molecular weight is 711 g/mol. The van der Waals surface area contributed by atoms with Crippen molar-refractivity contribution >= 4 is 33.8 Å². The van der Waals surface area contributed by atoms with Crippen LogP contribution in [0.3, 0.4) is 0 Å². The van der Waals surface area contributed by atoms with E-state index in [1.54, 1.807) is 62.6 Å². The standard InChI is InChI=1S/C40H36F2N2O8/c1-43-39(45)35-33-27-15-17-47-20-22-50-30-12-14-32-34(36(40(46)44-2)38(52-32)24-5-9-26(42)10-6-24)28(30)16-18-48-19-21-49-29(27)11-13-31(33)51-37(35)23-3-7-25(41)8-4-23/h3-14H,15-22H2,1-2H3,(H,43,45)(H,44,46). The van der Waals surface area contributed by atoms with Gasteiger partial charge in [0.15, 0.2) is 0 Å². The van der Waals surface area contributed by atoms with Crippen LogP contribution in [0.15, 0.2) is 81.6 Å². The molecule has 2 N–H and O–H groups in total. The van der Waals surface area contributed by atoms with E-state index in [1.807, 2.05) is 0 Å². The molecule has 4 aromatic carbocycles. The van der Waals surface area contributed by atoms with Crippen LogP contribution in [0.1, 0.15) is 31.8 Å². The first-order valence-electron chi connectivity index (χ1n) is 16.9. The van der Waals surface area contributed by atoms with Crippen LogP contribution >= 0.6 is 0 Å². The van der Waals surface area contributed by atoms with Gasteiger partial charge < -0.3 is 38.4 Å². The Labute approximate surface area is 297 Å². The second-order valence-corrected chi connectivity index (χ2v) is 12.0. The van der Waals surface area contributed by atoms with E-state index in [0.29, 0.717) is 80.1 Å². The van der Waals surface area contributed by atoms with E-state index in [4.69, 9.17) is 27.8 Å². The van der Waals surface area contributed by atoms with E-state index in [-0.39, 0.29) is 51.5 Å². The van der Waals surface area contributed by atoms with E-state index in [0.717, 1.165) is 11.1 Å². The van der Waals surface area contributed by atoms with Crippen molar-refractivity contribution in [2.75, 3.05) is 53.7 Å². The van der Waals surface area contributed by atoms with E-state index >= 15 is 0 Å². The lowest BCUT2D eigenvalue weighted by atomic mass is 9.98. The SMILES string of the molecule is CNC(=O)c1c(-c2ccc(F)cc2)oc2ccc3c(c12)CCOCCOc1ccc2oc(-c4ccc(F)cc4)c(C(=O)NC)c2c1CCOCCO3. The van der Waals surface area contributed by atoms with Gasteiger partial charge >= 0.3 is 0 Å². The summed E-state index contributed by atoms with van der Waals surface area (Å²) < 4.78 is 64.5. The van der Waals surface area contributed by atoms with E-state index in [9.17, 15) is 18.4 Å². The van der Waals surface area contributed by atoms with Gasteiger partial charge in [-0.3, -0.25) is 9.59 Å². The Balaban J connectivity index is 1.19. The molecule has 10 nitrogen and oxygen atoms in total. The van der Waals surface area contributed by atoms with Crippen molar-refractivity contribution in [3.8, 4) is 34.1 Å². The smallest absolute Gasteiger partial charge is 0.255 e. The second kappa shape index (κ2) is 15.3. The summed E-state index contributed by atoms with van der Waals surface area (Å²) >= 11 is 0. The van der Waals surface area contributed by atoms with Crippen LogP contribution in [0.25, 0.3) is 44.6 Å². The first-order valence-corrected chi connectivity index (χ1v) is 16.9. The van der Waals surface area contributed by atoms with Gasteiger partial charge in [-0.1, -0.05) is 0 Å². The highest BCUT2D eigenvalue weighted by Gasteiger charge is 2.27. The van der Waals surface area contributed by atoms with Crippen LogP contribution in [0.4, 0.5) is 8.78 Å². The zero-order chi connectivity index (χ0) is 36.2. The Kier molecular flexibility index (Phi) is 10.2. The molecule has 7 rings (SSSR count). The highest BCUT2D eigenvalue weighted by Crippen LogP contribution is 2.41. The molecule has 0 fully saturated rings. The Morgan fingerprint density at radius 2 is 0.942 bits per heavy atom. The van der Waals surface area contributed by atoms with Gasteiger partial charge in [0.25, 0.3) is 11.8 Å².